The van der Waals surface area contributed by atoms with Gasteiger partial charge in [-0.3, -0.25) is 0 Å². The predicted molar refractivity (Wildman–Crippen MR) is 157 cm³/mol. The summed E-state index contributed by atoms with van der Waals surface area (Å²) in [7, 11) is -6.51. The quantitative estimate of drug-likeness (QED) is 0.112. The van der Waals surface area contributed by atoms with E-state index in [0.29, 0.717) is 0 Å². The minimum absolute atomic E-state index is 1.08. The number of rotatable bonds is 2. The summed E-state index contributed by atoms with van der Waals surface area (Å²) in [5.74, 6) is 0. The molecule has 5 aliphatic carbocycles. The summed E-state index contributed by atoms with van der Waals surface area (Å²) >= 11 is 7.24. The van der Waals surface area contributed by atoms with Gasteiger partial charge < -0.3 is 0 Å². The Bertz CT molecular complexity index is 1520. The number of hydrogen-bond acceptors (Lipinski definition) is 0. The third-order valence-electron chi connectivity index (χ3n) is 5.94. The van der Waals surface area contributed by atoms with Gasteiger partial charge in [0.05, 0.1) is 0 Å². The number of nitrogens with zero attached hydrogens (tertiary/aromatic N) is 1. The van der Waals surface area contributed by atoms with Crippen LogP contribution >= 0.6 is 39.7 Å². The van der Waals surface area contributed by atoms with Crippen molar-refractivity contribution in [3.05, 3.63) is 123 Å². The van der Waals surface area contributed by atoms with Gasteiger partial charge in [-0.1, -0.05) is 80.4 Å². The molecule has 5 rings (SSSR count). The van der Waals surface area contributed by atoms with Gasteiger partial charge in [-0.2, -0.15) is 0 Å². The minimum atomic E-state index is -10.7. The van der Waals surface area contributed by atoms with Gasteiger partial charge in [-0.05, 0) is 80.9 Å². The number of fused-ring (bicyclic) bond motifs is 2. The van der Waals surface area contributed by atoms with E-state index in [1.54, 1.807) is 0 Å². The first kappa shape index (κ1) is 29.2. The van der Waals surface area contributed by atoms with Crippen molar-refractivity contribution in [3.8, 4) is 22.3 Å². The summed E-state index contributed by atoms with van der Waals surface area (Å²) < 4.78 is 63.5. The fraction of sp³-hybridized carbons (Fsp3) is 0.0690. The van der Waals surface area contributed by atoms with Crippen LogP contribution in [0.4, 0.5) is 25.2 Å². The molecule has 0 saturated carbocycles. The van der Waals surface area contributed by atoms with E-state index in [9.17, 15) is 25.2 Å². The zero-order valence-electron chi connectivity index (χ0n) is 20.7. The molecule has 0 saturated heterocycles. The Labute approximate surface area is 239 Å². The summed E-state index contributed by atoms with van der Waals surface area (Å²) in [4.78, 5) is 0. The Morgan fingerprint density at radius 2 is 0.923 bits per heavy atom. The molecule has 10 heteroatoms. The van der Waals surface area contributed by atoms with E-state index in [4.69, 9.17) is 0 Å². The van der Waals surface area contributed by atoms with Crippen LogP contribution in [0.2, 0.25) is 0 Å². The van der Waals surface area contributed by atoms with Crippen molar-refractivity contribution in [3.63, 3.8) is 0 Å². The summed E-state index contributed by atoms with van der Waals surface area (Å²) in [5.41, 5.74) is 11.1. The molecule has 39 heavy (non-hydrogen) atoms. The van der Waals surface area contributed by atoms with E-state index in [1.807, 2.05) is 0 Å². The molecule has 0 amide bonds. The molecule has 0 atom stereocenters. The van der Waals surface area contributed by atoms with Crippen LogP contribution in [0.3, 0.4) is 0 Å². The first-order chi connectivity index (χ1) is 18.0. The molecule has 0 aliphatic heterocycles. The van der Waals surface area contributed by atoms with Gasteiger partial charge in [0.15, 0.2) is 5.71 Å². The van der Waals surface area contributed by atoms with Crippen molar-refractivity contribution in [1.29, 1.82) is 0 Å². The van der Waals surface area contributed by atoms with E-state index in [1.165, 1.54) is 50.2 Å². The third-order valence-corrected chi connectivity index (χ3v) is 6.99. The van der Waals surface area contributed by atoms with Gasteiger partial charge >= 0.3 is 33.0 Å². The van der Waals surface area contributed by atoms with Crippen molar-refractivity contribution < 1.29 is 29.8 Å². The normalized spacial score (nSPS) is 15.0. The zero-order chi connectivity index (χ0) is 28.7. The summed E-state index contributed by atoms with van der Waals surface area (Å²) in [5, 5.41) is 0. The molecule has 0 aromatic rings. The molecule has 0 fully saturated rings. The second-order valence-electron chi connectivity index (χ2n) is 9.11. The maximum absolute atomic E-state index is 10.7. The van der Waals surface area contributed by atoms with E-state index < -0.39 is 7.81 Å². The summed E-state index contributed by atoms with van der Waals surface area (Å²) in [6.07, 6.45) is 8.86. The fourth-order valence-electron chi connectivity index (χ4n) is 4.27. The predicted octanol–water partition coefficient (Wildman–Crippen LogP) is 11.4. The van der Waals surface area contributed by atoms with Crippen LogP contribution < -0.4 is 0 Å². The molecule has 0 spiro atoms. The molecule has 0 heterocycles. The van der Waals surface area contributed by atoms with Crippen LogP contribution in [-0.2, 0) is 0 Å². The Balaban J connectivity index is 0.000000448. The Morgan fingerprint density at radius 1 is 0.564 bits per heavy atom. The van der Waals surface area contributed by atoms with E-state index in [0.717, 1.165) is 8.95 Å². The van der Waals surface area contributed by atoms with Gasteiger partial charge in [0, 0.05) is 21.1 Å². The Morgan fingerprint density at radius 3 is 1.31 bits per heavy atom. The molecule has 0 aromatic carbocycles. The fourth-order valence-corrected chi connectivity index (χ4v) is 4.80. The second kappa shape index (κ2) is 10.0. The topological polar surface area (TPSA) is 3.01 Å². The first-order valence-corrected chi connectivity index (χ1v) is 15.2. The van der Waals surface area contributed by atoms with E-state index in [2.05, 4.69) is 148 Å². The van der Waals surface area contributed by atoms with Crippen LogP contribution in [0.1, 0.15) is 11.1 Å². The first-order valence-electron chi connectivity index (χ1n) is 11.5. The van der Waals surface area contributed by atoms with Crippen molar-refractivity contribution in [2.45, 2.75) is 0 Å². The van der Waals surface area contributed by atoms with Crippen molar-refractivity contribution in [2.24, 2.45) is 0 Å². The number of allylic oxidation sites excluding steroid dienone is 5. The van der Waals surface area contributed by atoms with Gasteiger partial charge in [0.1, 0.15) is 14.1 Å². The van der Waals surface area contributed by atoms with Crippen molar-refractivity contribution >= 4 is 51.0 Å². The number of hydrogen-bond donors (Lipinski definition) is 0. The van der Waals surface area contributed by atoms with Crippen molar-refractivity contribution in [2.75, 3.05) is 14.1 Å². The number of halogens is 8. The summed E-state index contributed by atoms with van der Waals surface area (Å²) in [6, 6.07) is 26.2. The van der Waals surface area contributed by atoms with E-state index in [-0.39, 0.29) is 0 Å². The van der Waals surface area contributed by atoms with Gasteiger partial charge in [-0.25, -0.2) is 4.58 Å². The van der Waals surface area contributed by atoms with Crippen LogP contribution in [0.5, 0.6) is 0 Å². The standard InChI is InChI=1S/C29H22Br2N.F6P/c1-32(2)24-13-5-21(6-14-24)29(27-15-7-19-3-9-22(30)11-17-25(19)27)28-16-8-20-4-10-23(31)12-18-26(20)28;1-7(2,3,4,5)6/h3-18H,1-2H3;/q+1;-1. The Kier molecular flexibility index (Phi) is 7.52. The van der Waals surface area contributed by atoms with Crippen molar-refractivity contribution in [1.82, 2.24) is 0 Å². The Hall–Kier alpha value is -2.74. The molecule has 5 aliphatic rings. The second-order valence-corrected chi connectivity index (χ2v) is 12.9. The van der Waals surface area contributed by atoms with Gasteiger partial charge in [0.2, 0.25) is 0 Å². The van der Waals surface area contributed by atoms with E-state index >= 15 is 0 Å². The molecule has 1 nitrogen and oxygen atoms in total. The monoisotopic (exact) mass is 687 g/mol. The SMILES string of the molecule is C[N+](C)=C1C=CC(=C(c2ccc3ccc(Br)ccc2-3)c2ccc3ccc(Br)ccc2-3)C=C1.F[P-](F)(F)(F)(F)F. The molecular weight excluding hydrogens is 667 g/mol. The van der Waals surface area contributed by atoms with Gasteiger partial charge in [0.25, 0.3) is 0 Å². The molecule has 0 aromatic heterocycles. The van der Waals surface area contributed by atoms with Crippen LogP contribution in [0, 0.1) is 0 Å². The van der Waals surface area contributed by atoms with Crippen LogP contribution in [0.15, 0.2) is 112 Å². The zero-order valence-corrected chi connectivity index (χ0v) is 24.7. The molecular formula is C29H22Br2F6NP. The average molecular weight is 689 g/mol. The molecule has 0 unspecified atom stereocenters. The molecule has 0 N–H and O–H groups in total. The van der Waals surface area contributed by atoms with Crippen LogP contribution in [-0.4, -0.2) is 24.4 Å². The average Bonchev–Trinajstić information content (AvgIpc) is 3.29. The molecule has 204 valence electrons. The van der Waals surface area contributed by atoms with Gasteiger partial charge in [-0.15, -0.1) is 0 Å². The third kappa shape index (κ3) is 8.13. The summed E-state index contributed by atoms with van der Waals surface area (Å²) in [6.45, 7) is 0. The maximum atomic E-state index is 9.87. The molecule has 0 bridgehead atoms. The molecule has 0 radical (unpaired) electrons. The van der Waals surface area contributed by atoms with Crippen LogP contribution in [0.25, 0.3) is 27.8 Å².